The van der Waals surface area contributed by atoms with Crippen molar-refractivity contribution in [3.05, 3.63) is 86.3 Å². The van der Waals surface area contributed by atoms with Crippen molar-refractivity contribution in [1.82, 2.24) is 4.98 Å². The van der Waals surface area contributed by atoms with Crippen molar-refractivity contribution in [3.63, 3.8) is 0 Å². The lowest BCUT2D eigenvalue weighted by Crippen LogP contribution is -2.30. The number of aromatic nitrogens is 1. The van der Waals surface area contributed by atoms with Crippen molar-refractivity contribution in [2.24, 2.45) is 0 Å². The summed E-state index contributed by atoms with van der Waals surface area (Å²) in [5.41, 5.74) is 1.21. The Labute approximate surface area is 194 Å². The summed E-state index contributed by atoms with van der Waals surface area (Å²) in [5.74, 6) is -1.42. The SMILES string of the molecule is O=C(OC[C@H]1CO[C@](CCCc2nccs2)(c2ccc(Cl)cc2Cl)O1)c1ccccc1. The fourth-order valence-corrected chi connectivity index (χ4v) is 4.74. The van der Waals surface area contributed by atoms with Gasteiger partial charge in [-0.25, -0.2) is 9.78 Å². The molecule has 1 aromatic heterocycles. The largest absolute Gasteiger partial charge is 0.459 e. The molecule has 1 saturated heterocycles. The number of aryl methyl sites for hydroxylation is 1. The maximum absolute atomic E-state index is 12.3. The van der Waals surface area contributed by atoms with E-state index in [4.69, 9.17) is 37.4 Å². The third-order valence-corrected chi connectivity index (χ3v) is 6.38. The second-order valence-electron chi connectivity index (χ2n) is 7.17. The van der Waals surface area contributed by atoms with Crippen LogP contribution in [0.1, 0.15) is 33.8 Å². The molecule has 1 fully saturated rings. The van der Waals surface area contributed by atoms with E-state index in [0.717, 1.165) is 23.4 Å². The van der Waals surface area contributed by atoms with Gasteiger partial charge in [0.15, 0.2) is 5.79 Å². The number of nitrogens with zero attached hydrogens (tertiary/aromatic N) is 1. The quantitative estimate of drug-likeness (QED) is 0.378. The van der Waals surface area contributed by atoms with E-state index < -0.39 is 17.9 Å². The van der Waals surface area contributed by atoms with E-state index in [0.29, 0.717) is 22.0 Å². The van der Waals surface area contributed by atoms with Gasteiger partial charge in [0.25, 0.3) is 0 Å². The molecular formula is C23H21Cl2NO4S. The van der Waals surface area contributed by atoms with Crippen LogP contribution in [0.2, 0.25) is 10.0 Å². The number of thiazole rings is 1. The second kappa shape index (κ2) is 10.1. The lowest BCUT2D eigenvalue weighted by Gasteiger charge is -2.29. The minimum absolute atomic E-state index is 0.0904. The first kappa shape index (κ1) is 22.2. The number of hydrogen-bond donors (Lipinski definition) is 0. The molecule has 31 heavy (non-hydrogen) atoms. The van der Waals surface area contributed by atoms with Crippen molar-refractivity contribution in [1.29, 1.82) is 0 Å². The van der Waals surface area contributed by atoms with Gasteiger partial charge in [0.1, 0.15) is 12.7 Å². The van der Waals surface area contributed by atoms with Crippen LogP contribution in [0.3, 0.4) is 0 Å². The fraction of sp³-hybridized carbons (Fsp3) is 0.304. The minimum Gasteiger partial charge on any atom is -0.459 e. The van der Waals surface area contributed by atoms with Crippen LogP contribution in [0, 0.1) is 0 Å². The summed E-state index contributed by atoms with van der Waals surface area (Å²) in [4.78, 5) is 16.6. The molecule has 162 valence electrons. The van der Waals surface area contributed by atoms with Crippen molar-refractivity contribution in [2.45, 2.75) is 31.2 Å². The van der Waals surface area contributed by atoms with Crippen LogP contribution in [0.25, 0.3) is 0 Å². The zero-order chi connectivity index (χ0) is 21.7. The highest BCUT2D eigenvalue weighted by Gasteiger charge is 2.44. The lowest BCUT2D eigenvalue weighted by molar-refractivity contribution is -0.185. The van der Waals surface area contributed by atoms with Gasteiger partial charge in [0.2, 0.25) is 0 Å². The van der Waals surface area contributed by atoms with Crippen LogP contribution < -0.4 is 0 Å². The number of benzene rings is 2. The van der Waals surface area contributed by atoms with E-state index >= 15 is 0 Å². The van der Waals surface area contributed by atoms with Crippen molar-refractivity contribution in [3.8, 4) is 0 Å². The monoisotopic (exact) mass is 477 g/mol. The number of halogens is 2. The normalized spacial score (nSPS) is 20.6. The molecule has 2 aromatic carbocycles. The highest BCUT2D eigenvalue weighted by Crippen LogP contribution is 2.42. The molecule has 5 nitrogen and oxygen atoms in total. The Morgan fingerprint density at radius 3 is 2.81 bits per heavy atom. The van der Waals surface area contributed by atoms with Gasteiger partial charge >= 0.3 is 5.97 Å². The number of ether oxygens (including phenoxy) is 3. The Bertz CT molecular complexity index is 1020. The number of rotatable bonds is 8. The predicted octanol–water partition coefficient (Wildman–Crippen LogP) is 5.90. The highest BCUT2D eigenvalue weighted by molar-refractivity contribution is 7.09. The fourth-order valence-electron chi connectivity index (χ4n) is 3.53. The first-order chi connectivity index (χ1) is 15.1. The number of carbonyl (C=O) groups is 1. The van der Waals surface area contributed by atoms with E-state index in [1.54, 1.807) is 53.9 Å². The first-order valence-electron chi connectivity index (χ1n) is 9.93. The molecule has 0 saturated carbocycles. The molecule has 0 amide bonds. The molecule has 1 aliphatic heterocycles. The molecular weight excluding hydrogens is 457 g/mol. The molecule has 3 aromatic rings. The number of esters is 1. The highest BCUT2D eigenvalue weighted by atomic mass is 35.5. The molecule has 8 heteroatoms. The third kappa shape index (κ3) is 5.45. The van der Waals surface area contributed by atoms with Crippen LogP contribution in [-0.4, -0.2) is 30.3 Å². The number of hydrogen-bond acceptors (Lipinski definition) is 6. The van der Waals surface area contributed by atoms with Crippen molar-refractivity contribution >= 4 is 40.5 Å². The Morgan fingerprint density at radius 1 is 1.23 bits per heavy atom. The maximum atomic E-state index is 12.3. The molecule has 0 bridgehead atoms. The molecule has 0 aliphatic carbocycles. The van der Waals surface area contributed by atoms with Gasteiger partial charge in [-0.05, 0) is 37.1 Å². The van der Waals surface area contributed by atoms with E-state index in [1.807, 2.05) is 17.5 Å². The van der Waals surface area contributed by atoms with Gasteiger partial charge in [-0.3, -0.25) is 0 Å². The molecule has 2 atom stereocenters. The zero-order valence-electron chi connectivity index (χ0n) is 16.6. The third-order valence-electron chi connectivity index (χ3n) is 4.99. The summed E-state index contributed by atoms with van der Waals surface area (Å²) in [5, 5.41) is 4.03. The van der Waals surface area contributed by atoms with Gasteiger partial charge in [-0.2, -0.15) is 0 Å². The molecule has 1 aliphatic rings. The summed E-state index contributed by atoms with van der Waals surface area (Å²) in [6.07, 6.45) is 3.58. The summed E-state index contributed by atoms with van der Waals surface area (Å²) in [7, 11) is 0. The lowest BCUT2D eigenvalue weighted by atomic mass is 9.99. The predicted molar refractivity (Wildman–Crippen MR) is 121 cm³/mol. The van der Waals surface area contributed by atoms with Crippen LogP contribution in [0.15, 0.2) is 60.1 Å². The van der Waals surface area contributed by atoms with Crippen LogP contribution in [0.4, 0.5) is 0 Å². The van der Waals surface area contributed by atoms with E-state index in [1.165, 1.54) is 0 Å². The molecule has 4 rings (SSSR count). The van der Waals surface area contributed by atoms with Gasteiger partial charge < -0.3 is 14.2 Å². The Kier molecular flexibility index (Phi) is 7.25. The first-order valence-corrected chi connectivity index (χ1v) is 11.6. The average Bonchev–Trinajstić information content (AvgIpc) is 3.43. The Hall–Kier alpha value is -1.96. The number of carbonyl (C=O) groups excluding carboxylic acids is 1. The van der Waals surface area contributed by atoms with Gasteiger partial charge in [0.05, 0.1) is 22.2 Å². The summed E-state index contributed by atoms with van der Waals surface area (Å²) < 4.78 is 17.9. The molecule has 0 N–H and O–H groups in total. The molecule has 0 unspecified atom stereocenters. The van der Waals surface area contributed by atoms with Gasteiger partial charge in [-0.15, -0.1) is 11.3 Å². The van der Waals surface area contributed by atoms with Crippen LogP contribution >= 0.6 is 34.5 Å². The molecule has 0 radical (unpaired) electrons. The average molecular weight is 478 g/mol. The van der Waals surface area contributed by atoms with E-state index in [2.05, 4.69) is 4.98 Å². The van der Waals surface area contributed by atoms with Gasteiger partial charge in [0, 0.05) is 28.6 Å². The summed E-state index contributed by atoms with van der Waals surface area (Å²) in [6, 6.07) is 14.1. The van der Waals surface area contributed by atoms with Crippen molar-refractivity contribution < 1.29 is 19.0 Å². The standard InChI is InChI=1S/C23H21Cl2NO4S/c24-17-8-9-19(20(25)13-17)23(10-4-7-21-26-11-12-31-21)29-15-18(30-23)14-28-22(27)16-5-2-1-3-6-16/h1-3,5-6,8-9,11-13,18H,4,7,10,14-15H2/t18-,23-/m0/s1. The van der Waals surface area contributed by atoms with Crippen molar-refractivity contribution in [2.75, 3.05) is 13.2 Å². The van der Waals surface area contributed by atoms with E-state index in [-0.39, 0.29) is 13.2 Å². The minimum atomic E-state index is -1.03. The maximum Gasteiger partial charge on any atom is 0.338 e. The van der Waals surface area contributed by atoms with Crippen LogP contribution in [0.5, 0.6) is 0 Å². The summed E-state index contributed by atoms with van der Waals surface area (Å²) >= 11 is 14.2. The Balaban J connectivity index is 1.45. The topological polar surface area (TPSA) is 57.7 Å². The Morgan fingerprint density at radius 2 is 2.06 bits per heavy atom. The van der Waals surface area contributed by atoms with Gasteiger partial charge in [-0.1, -0.05) is 47.5 Å². The molecule has 2 heterocycles. The molecule has 0 spiro atoms. The van der Waals surface area contributed by atoms with E-state index in [9.17, 15) is 4.79 Å². The smallest absolute Gasteiger partial charge is 0.338 e. The van der Waals surface area contributed by atoms with Crippen LogP contribution in [-0.2, 0) is 26.4 Å². The zero-order valence-corrected chi connectivity index (χ0v) is 19.0. The second-order valence-corrected chi connectivity index (χ2v) is 8.99. The summed E-state index contributed by atoms with van der Waals surface area (Å²) in [6.45, 7) is 0.380.